The van der Waals surface area contributed by atoms with E-state index in [4.69, 9.17) is 0 Å². The molecule has 0 aromatic heterocycles. The molecule has 1 fully saturated rings. The fourth-order valence-electron chi connectivity index (χ4n) is 3.06. The summed E-state index contributed by atoms with van der Waals surface area (Å²) in [6.45, 7) is 7.99. The van der Waals surface area contributed by atoms with E-state index in [-0.39, 0.29) is 17.9 Å². The van der Waals surface area contributed by atoms with Crippen LogP contribution in [0.15, 0.2) is 18.2 Å². The number of hydrogen-bond donors (Lipinski definition) is 2. The van der Waals surface area contributed by atoms with Crippen molar-refractivity contribution in [2.45, 2.75) is 65.3 Å². The van der Waals surface area contributed by atoms with Gasteiger partial charge in [0.25, 0.3) is 5.91 Å². The van der Waals surface area contributed by atoms with E-state index in [1.54, 1.807) is 0 Å². The number of rotatable bonds is 7. The van der Waals surface area contributed by atoms with E-state index in [2.05, 4.69) is 22.5 Å². The van der Waals surface area contributed by atoms with Crippen molar-refractivity contribution in [2.75, 3.05) is 23.3 Å². The monoisotopic (exact) mass is 345 g/mol. The van der Waals surface area contributed by atoms with Crippen LogP contribution < -0.4 is 15.5 Å². The molecular weight excluding hydrogens is 314 g/mol. The number of hydrogen-bond acceptors (Lipinski definition) is 3. The molecule has 1 aliphatic rings. The molecule has 5 nitrogen and oxygen atoms in total. The van der Waals surface area contributed by atoms with E-state index in [0.717, 1.165) is 44.5 Å². The molecule has 5 heteroatoms. The highest BCUT2D eigenvalue weighted by atomic mass is 16.2. The van der Waals surface area contributed by atoms with Crippen molar-refractivity contribution < 1.29 is 9.59 Å². The summed E-state index contributed by atoms with van der Waals surface area (Å²) in [5.41, 5.74) is 2.30. The second kappa shape index (κ2) is 9.44. The average molecular weight is 345 g/mol. The molecule has 0 bridgehead atoms. The molecule has 2 rings (SSSR count). The lowest BCUT2D eigenvalue weighted by Crippen LogP contribution is -2.35. The molecule has 2 amide bonds. The van der Waals surface area contributed by atoms with E-state index < -0.39 is 0 Å². The Kier molecular flexibility index (Phi) is 7.29. The molecule has 0 radical (unpaired) electrons. The minimum absolute atomic E-state index is 0.0125. The van der Waals surface area contributed by atoms with Crippen LogP contribution in [0.2, 0.25) is 0 Å². The van der Waals surface area contributed by atoms with E-state index in [1.807, 2.05) is 32.0 Å². The first-order valence-electron chi connectivity index (χ1n) is 9.54. The Balaban J connectivity index is 2.27. The fraction of sp³-hybridized carbons (Fsp3) is 0.600. The Labute approximate surface area is 151 Å². The van der Waals surface area contributed by atoms with Crippen LogP contribution in [0.3, 0.4) is 0 Å². The van der Waals surface area contributed by atoms with Crippen LogP contribution in [0.1, 0.15) is 69.7 Å². The maximum atomic E-state index is 12.8. The summed E-state index contributed by atoms with van der Waals surface area (Å²) in [6.07, 6.45) is 5.73. The zero-order valence-electron chi connectivity index (χ0n) is 15.7. The van der Waals surface area contributed by atoms with Gasteiger partial charge in [-0.1, -0.05) is 13.8 Å². The molecular formula is C20H31N3O2. The van der Waals surface area contributed by atoms with Gasteiger partial charge in [-0.2, -0.15) is 0 Å². The Morgan fingerprint density at radius 2 is 1.88 bits per heavy atom. The Bertz CT molecular complexity index is 595. The van der Waals surface area contributed by atoms with Crippen molar-refractivity contribution in [1.82, 2.24) is 5.32 Å². The molecule has 0 saturated carbocycles. The van der Waals surface area contributed by atoms with E-state index in [0.29, 0.717) is 17.7 Å². The molecule has 138 valence electrons. The third-order valence-electron chi connectivity index (χ3n) is 4.69. The zero-order chi connectivity index (χ0) is 18.2. The van der Waals surface area contributed by atoms with Gasteiger partial charge in [0.2, 0.25) is 5.91 Å². The van der Waals surface area contributed by atoms with Crippen LogP contribution >= 0.6 is 0 Å². The van der Waals surface area contributed by atoms with Crippen LogP contribution in [-0.2, 0) is 4.79 Å². The largest absolute Gasteiger partial charge is 0.371 e. The molecule has 2 N–H and O–H groups in total. The average Bonchev–Trinajstić information content (AvgIpc) is 2.62. The van der Waals surface area contributed by atoms with Gasteiger partial charge < -0.3 is 15.5 Å². The third kappa shape index (κ3) is 5.48. The van der Waals surface area contributed by atoms with Crippen molar-refractivity contribution in [2.24, 2.45) is 0 Å². The molecule has 1 unspecified atom stereocenters. The highest BCUT2D eigenvalue weighted by Gasteiger charge is 2.20. The Morgan fingerprint density at radius 3 is 2.52 bits per heavy atom. The van der Waals surface area contributed by atoms with Gasteiger partial charge in [0.1, 0.15) is 0 Å². The highest BCUT2D eigenvalue weighted by Crippen LogP contribution is 2.27. The second-order valence-electron chi connectivity index (χ2n) is 6.86. The molecule has 1 saturated heterocycles. The van der Waals surface area contributed by atoms with Crippen molar-refractivity contribution in [3.05, 3.63) is 23.8 Å². The Morgan fingerprint density at radius 1 is 1.16 bits per heavy atom. The number of carbonyl (C=O) groups excluding carboxylic acids is 2. The number of nitrogens with one attached hydrogen (secondary N) is 2. The summed E-state index contributed by atoms with van der Waals surface area (Å²) < 4.78 is 0. The maximum Gasteiger partial charge on any atom is 0.253 e. The van der Waals surface area contributed by atoms with Gasteiger partial charge in [0, 0.05) is 36.9 Å². The minimum atomic E-state index is -0.0680. The van der Waals surface area contributed by atoms with Gasteiger partial charge in [0.15, 0.2) is 0 Å². The summed E-state index contributed by atoms with van der Waals surface area (Å²) in [7, 11) is 0. The number of piperidine rings is 1. The SMILES string of the molecule is CCCC(=O)Nc1ccc(N2CCCCC2)c(C(=O)NC(C)CC)c1. The summed E-state index contributed by atoms with van der Waals surface area (Å²) in [5.74, 6) is -0.0805. The van der Waals surface area contributed by atoms with Crippen LogP contribution in [0, 0.1) is 0 Å². The summed E-state index contributed by atoms with van der Waals surface area (Å²) in [5, 5.41) is 5.95. The van der Waals surface area contributed by atoms with Gasteiger partial charge in [-0.25, -0.2) is 0 Å². The third-order valence-corrected chi connectivity index (χ3v) is 4.69. The smallest absolute Gasteiger partial charge is 0.253 e. The predicted octanol–water partition coefficient (Wildman–Crippen LogP) is 3.94. The standard InChI is InChI=1S/C20H31N3O2/c1-4-9-19(24)22-16-10-11-18(23-12-7-6-8-13-23)17(14-16)20(25)21-15(3)5-2/h10-11,14-15H,4-9,12-13H2,1-3H3,(H,21,25)(H,22,24). The first kappa shape index (κ1) is 19.3. The van der Waals surface area contributed by atoms with E-state index >= 15 is 0 Å². The second-order valence-corrected chi connectivity index (χ2v) is 6.86. The van der Waals surface area contributed by atoms with Crippen molar-refractivity contribution in [3.63, 3.8) is 0 Å². The molecule has 1 atom stereocenters. The van der Waals surface area contributed by atoms with E-state index in [1.165, 1.54) is 6.42 Å². The lowest BCUT2D eigenvalue weighted by atomic mass is 10.1. The predicted molar refractivity (Wildman–Crippen MR) is 103 cm³/mol. The first-order chi connectivity index (χ1) is 12.0. The van der Waals surface area contributed by atoms with Crippen LogP contribution in [0.5, 0.6) is 0 Å². The minimum Gasteiger partial charge on any atom is -0.371 e. The van der Waals surface area contributed by atoms with Crippen LogP contribution in [-0.4, -0.2) is 30.9 Å². The fourth-order valence-corrected chi connectivity index (χ4v) is 3.06. The highest BCUT2D eigenvalue weighted by molar-refractivity contribution is 6.02. The number of amides is 2. The molecule has 1 aliphatic heterocycles. The quantitative estimate of drug-likeness (QED) is 0.787. The lowest BCUT2D eigenvalue weighted by molar-refractivity contribution is -0.116. The maximum absolute atomic E-state index is 12.8. The topological polar surface area (TPSA) is 61.4 Å². The number of anilines is 2. The first-order valence-corrected chi connectivity index (χ1v) is 9.54. The zero-order valence-corrected chi connectivity index (χ0v) is 15.7. The number of benzene rings is 1. The van der Waals surface area contributed by atoms with Gasteiger partial charge >= 0.3 is 0 Å². The van der Waals surface area contributed by atoms with Crippen molar-refractivity contribution in [3.8, 4) is 0 Å². The Hall–Kier alpha value is -2.04. The van der Waals surface area contributed by atoms with Crippen LogP contribution in [0.4, 0.5) is 11.4 Å². The number of nitrogens with zero attached hydrogens (tertiary/aromatic N) is 1. The van der Waals surface area contributed by atoms with Gasteiger partial charge in [0.05, 0.1) is 5.56 Å². The number of carbonyl (C=O) groups is 2. The van der Waals surface area contributed by atoms with Gasteiger partial charge in [-0.3, -0.25) is 9.59 Å². The van der Waals surface area contributed by atoms with Crippen molar-refractivity contribution >= 4 is 23.2 Å². The van der Waals surface area contributed by atoms with Crippen molar-refractivity contribution in [1.29, 1.82) is 0 Å². The lowest BCUT2D eigenvalue weighted by Gasteiger charge is -2.31. The summed E-state index contributed by atoms with van der Waals surface area (Å²) >= 11 is 0. The van der Waals surface area contributed by atoms with Gasteiger partial charge in [-0.05, 0) is 57.2 Å². The van der Waals surface area contributed by atoms with E-state index in [9.17, 15) is 9.59 Å². The molecule has 1 aromatic rings. The molecule has 25 heavy (non-hydrogen) atoms. The molecule has 0 spiro atoms. The van der Waals surface area contributed by atoms with Crippen LogP contribution in [0.25, 0.3) is 0 Å². The molecule has 1 aromatic carbocycles. The molecule has 1 heterocycles. The summed E-state index contributed by atoms with van der Waals surface area (Å²) in [6, 6.07) is 5.81. The summed E-state index contributed by atoms with van der Waals surface area (Å²) in [4.78, 5) is 27.0. The normalized spacial score (nSPS) is 15.6. The molecule has 0 aliphatic carbocycles. The van der Waals surface area contributed by atoms with Gasteiger partial charge in [-0.15, -0.1) is 0 Å².